The quantitative estimate of drug-likeness (QED) is 0.279. The summed E-state index contributed by atoms with van der Waals surface area (Å²) >= 11 is 0. The van der Waals surface area contributed by atoms with Gasteiger partial charge < -0.3 is 24.1 Å². The smallest absolute Gasteiger partial charge is 0.296 e. The van der Waals surface area contributed by atoms with Gasteiger partial charge in [-0.05, 0) is 35.9 Å². The van der Waals surface area contributed by atoms with E-state index >= 15 is 0 Å². The van der Waals surface area contributed by atoms with Gasteiger partial charge in [-0.15, -0.1) is 0 Å². The molecule has 0 aliphatic carbocycles. The van der Waals surface area contributed by atoms with E-state index in [0.29, 0.717) is 22.6 Å². The zero-order chi connectivity index (χ0) is 22.2. The molecule has 2 aromatic heterocycles. The van der Waals surface area contributed by atoms with E-state index in [4.69, 9.17) is 9.15 Å². The van der Waals surface area contributed by atoms with Crippen LogP contribution in [0.25, 0.3) is 16.7 Å². The van der Waals surface area contributed by atoms with Gasteiger partial charge in [-0.25, -0.2) is 0 Å². The number of rotatable bonds is 5. The highest BCUT2D eigenvalue weighted by atomic mass is 16.5. The van der Waals surface area contributed by atoms with Crippen LogP contribution < -0.4 is 4.74 Å². The molecule has 2 aromatic carbocycles. The predicted octanol–water partition coefficient (Wildman–Crippen LogP) is 4.39. The summed E-state index contributed by atoms with van der Waals surface area (Å²) in [6.07, 6.45) is 3.16. The number of amides is 1. The van der Waals surface area contributed by atoms with Crippen molar-refractivity contribution in [3.05, 3.63) is 95.6 Å². The molecular formula is C25H20N2O5. The van der Waals surface area contributed by atoms with E-state index in [1.165, 1.54) is 11.2 Å². The number of methoxy groups -OCH3 is 1. The molecular weight excluding hydrogens is 408 g/mol. The molecule has 0 radical (unpaired) electrons. The summed E-state index contributed by atoms with van der Waals surface area (Å²) in [5.74, 6) is -0.460. The number of nitrogens with one attached hydrogen (secondary N) is 1. The Balaban J connectivity index is 1.68. The third-order valence-corrected chi connectivity index (χ3v) is 5.72. The average molecular weight is 428 g/mol. The van der Waals surface area contributed by atoms with Crippen LogP contribution in [0.4, 0.5) is 0 Å². The van der Waals surface area contributed by atoms with Crippen molar-refractivity contribution < 1.29 is 23.8 Å². The Labute approximate surface area is 183 Å². The summed E-state index contributed by atoms with van der Waals surface area (Å²) < 4.78 is 10.7. The second-order valence-corrected chi connectivity index (χ2v) is 7.53. The Bertz CT molecular complexity index is 1330. The number of ketones is 1. The van der Waals surface area contributed by atoms with Crippen molar-refractivity contribution >= 4 is 28.4 Å². The fourth-order valence-corrected chi connectivity index (χ4v) is 4.16. The molecule has 0 saturated carbocycles. The first-order valence-electron chi connectivity index (χ1n) is 10.1. The van der Waals surface area contributed by atoms with E-state index in [-0.39, 0.29) is 17.9 Å². The topological polar surface area (TPSA) is 95.8 Å². The van der Waals surface area contributed by atoms with E-state index in [1.54, 1.807) is 49.7 Å². The molecule has 1 aliphatic rings. The molecule has 0 spiro atoms. The number of likely N-dealkylation sites (tertiary alicyclic amines) is 1. The number of para-hydroxylation sites is 1. The molecule has 32 heavy (non-hydrogen) atoms. The van der Waals surface area contributed by atoms with Crippen LogP contribution in [0.3, 0.4) is 0 Å². The molecule has 4 aromatic rings. The van der Waals surface area contributed by atoms with Crippen molar-refractivity contribution in [2.24, 2.45) is 0 Å². The lowest BCUT2D eigenvalue weighted by Crippen LogP contribution is -2.29. The minimum Gasteiger partial charge on any atom is -0.507 e. The molecule has 1 aliphatic heterocycles. The largest absolute Gasteiger partial charge is 0.507 e. The minimum atomic E-state index is -0.778. The molecule has 0 bridgehead atoms. The average Bonchev–Trinajstić information content (AvgIpc) is 3.54. The van der Waals surface area contributed by atoms with E-state index in [9.17, 15) is 14.7 Å². The monoisotopic (exact) mass is 428 g/mol. The third kappa shape index (κ3) is 3.15. The highest BCUT2D eigenvalue weighted by Gasteiger charge is 2.46. The number of fused-ring (bicyclic) bond motifs is 1. The van der Waals surface area contributed by atoms with Gasteiger partial charge in [-0.1, -0.05) is 30.3 Å². The first-order valence-corrected chi connectivity index (χ1v) is 10.1. The van der Waals surface area contributed by atoms with Crippen LogP contribution in [0.2, 0.25) is 0 Å². The van der Waals surface area contributed by atoms with Gasteiger partial charge in [0.1, 0.15) is 17.3 Å². The Morgan fingerprint density at radius 1 is 1.09 bits per heavy atom. The molecule has 2 N–H and O–H groups in total. The molecule has 1 unspecified atom stereocenters. The Kier molecular flexibility index (Phi) is 4.78. The number of furan rings is 1. The van der Waals surface area contributed by atoms with Gasteiger partial charge in [-0.2, -0.15) is 0 Å². The summed E-state index contributed by atoms with van der Waals surface area (Å²) in [6.45, 7) is 0.0962. The molecule has 7 heteroatoms. The van der Waals surface area contributed by atoms with Crippen molar-refractivity contribution in [3.63, 3.8) is 0 Å². The van der Waals surface area contributed by atoms with Crippen LogP contribution in [0.5, 0.6) is 5.75 Å². The van der Waals surface area contributed by atoms with Gasteiger partial charge in [0.2, 0.25) is 0 Å². The number of hydrogen-bond donors (Lipinski definition) is 2. The predicted molar refractivity (Wildman–Crippen MR) is 118 cm³/mol. The second-order valence-electron chi connectivity index (χ2n) is 7.53. The van der Waals surface area contributed by atoms with E-state index in [0.717, 1.165) is 10.9 Å². The molecule has 5 rings (SSSR count). The van der Waals surface area contributed by atoms with Crippen LogP contribution in [-0.4, -0.2) is 33.8 Å². The standard InChI is InChI=1S/C25H20N2O5/c1-31-16-10-8-15(9-11-16)22-21(23(28)19-13-26-20-7-3-2-6-18(19)20)24(29)25(30)27(22)14-17-5-4-12-32-17/h2-13,22,26,28H,14H2,1H3/b23-21-. The first-order chi connectivity index (χ1) is 15.6. The number of ether oxygens (including phenoxy) is 1. The van der Waals surface area contributed by atoms with E-state index in [2.05, 4.69) is 4.98 Å². The van der Waals surface area contributed by atoms with Crippen LogP contribution in [0.15, 0.2) is 83.1 Å². The normalized spacial score (nSPS) is 17.9. The van der Waals surface area contributed by atoms with Crippen molar-refractivity contribution in [2.45, 2.75) is 12.6 Å². The molecule has 1 amide bonds. The van der Waals surface area contributed by atoms with E-state index in [1.807, 2.05) is 24.3 Å². The van der Waals surface area contributed by atoms with Crippen LogP contribution in [0, 0.1) is 0 Å². The van der Waals surface area contributed by atoms with Crippen molar-refractivity contribution in [2.75, 3.05) is 7.11 Å². The molecule has 160 valence electrons. The number of aromatic nitrogens is 1. The van der Waals surface area contributed by atoms with E-state index < -0.39 is 17.7 Å². The van der Waals surface area contributed by atoms with Crippen molar-refractivity contribution in [3.8, 4) is 5.75 Å². The SMILES string of the molecule is COc1ccc(C2/C(=C(/O)c3c[nH]c4ccccc34)C(=O)C(=O)N2Cc2ccco2)cc1. The number of Topliss-reactive ketones (excluding diaryl/α,β-unsaturated/α-hetero) is 1. The fraction of sp³-hybridized carbons (Fsp3) is 0.120. The summed E-state index contributed by atoms with van der Waals surface area (Å²) in [4.78, 5) is 30.7. The highest BCUT2D eigenvalue weighted by Crippen LogP contribution is 2.41. The lowest BCUT2D eigenvalue weighted by atomic mass is 9.95. The molecule has 1 fully saturated rings. The number of benzene rings is 2. The highest BCUT2D eigenvalue weighted by molar-refractivity contribution is 6.46. The van der Waals surface area contributed by atoms with Crippen LogP contribution >= 0.6 is 0 Å². The summed E-state index contributed by atoms with van der Waals surface area (Å²) in [5, 5.41) is 12.0. The van der Waals surface area contributed by atoms with Gasteiger partial charge in [-0.3, -0.25) is 9.59 Å². The first kappa shape index (κ1) is 19.7. The Morgan fingerprint density at radius 2 is 1.88 bits per heavy atom. The molecule has 1 atom stereocenters. The van der Waals surface area contributed by atoms with Crippen LogP contribution in [0.1, 0.15) is 22.9 Å². The molecule has 1 saturated heterocycles. The zero-order valence-electron chi connectivity index (χ0n) is 17.2. The van der Waals surface area contributed by atoms with Crippen molar-refractivity contribution in [1.29, 1.82) is 0 Å². The number of aromatic amines is 1. The van der Waals surface area contributed by atoms with Crippen molar-refractivity contribution in [1.82, 2.24) is 9.88 Å². The van der Waals surface area contributed by atoms with Gasteiger partial charge in [0.05, 0.1) is 31.5 Å². The number of carbonyl (C=O) groups excluding carboxylic acids is 2. The number of aliphatic hydroxyl groups excluding tert-OH is 1. The number of nitrogens with zero attached hydrogens (tertiary/aromatic N) is 1. The van der Waals surface area contributed by atoms with Gasteiger partial charge in [0, 0.05) is 22.7 Å². The minimum absolute atomic E-state index is 0.0384. The summed E-state index contributed by atoms with van der Waals surface area (Å²) in [5.41, 5.74) is 2.00. The molecule has 3 heterocycles. The maximum atomic E-state index is 13.1. The van der Waals surface area contributed by atoms with Crippen LogP contribution in [-0.2, 0) is 16.1 Å². The lowest BCUT2D eigenvalue weighted by molar-refractivity contribution is -0.140. The fourth-order valence-electron chi connectivity index (χ4n) is 4.16. The summed E-state index contributed by atoms with van der Waals surface area (Å²) in [7, 11) is 1.56. The maximum absolute atomic E-state index is 13.1. The number of hydrogen-bond acceptors (Lipinski definition) is 5. The molecule has 7 nitrogen and oxygen atoms in total. The van der Waals surface area contributed by atoms with Gasteiger partial charge in [0.15, 0.2) is 0 Å². The summed E-state index contributed by atoms with van der Waals surface area (Å²) in [6, 6.07) is 17.2. The van der Waals surface area contributed by atoms with Gasteiger partial charge in [0.25, 0.3) is 11.7 Å². The Morgan fingerprint density at radius 3 is 2.59 bits per heavy atom. The maximum Gasteiger partial charge on any atom is 0.296 e. The number of aliphatic hydroxyl groups is 1. The lowest BCUT2D eigenvalue weighted by Gasteiger charge is -2.24. The zero-order valence-corrected chi connectivity index (χ0v) is 17.2. The Hall–Kier alpha value is -4.26. The number of H-pyrrole nitrogens is 1. The van der Waals surface area contributed by atoms with Gasteiger partial charge >= 0.3 is 0 Å². The number of carbonyl (C=O) groups is 2. The third-order valence-electron chi connectivity index (χ3n) is 5.72. The second kappa shape index (κ2) is 7.77.